The average Bonchev–Trinajstić information content (AvgIpc) is 2.98. The molecule has 1 amide bonds. The lowest BCUT2D eigenvalue weighted by Gasteiger charge is -2.17. The largest absolute Gasteiger partial charge is 0.324 e. The van der Waals surface area contributed by atoms with Crippen LogP contribution in [0.25, 0.3) is 10.2 Å². The molecule has 0 saturated heterocycles. The molecule has 2 heterocycles. The first-order valence-electron chi connectivity index (χ1n) is 8.86. The van der Waals surface area contributed by atoms with Crippen LogP contribution in [0.15, 0.2) is 23.0 Å². The van der Waals surface area contributed by atoms with Crippen molar-refractivity contribution in [3.05, 3.63) is 49.6 Å². The Morgan fingerprint density at radius 1 is 1.44 bits per heavy atom. The minimum Gasteiger partial charge on any atom is -0.324 e. The molecule has 1 aromatic carbocycles. The van der Waals surface area contributed by atoms with Gasteiger partial charge in [-0.15, -0.1) is 16.4 Å². The van der Waals surface area contributed by atoms with Crippen LogP contribution in [0.5, 0.6) is 0 Å². The molecule has 0 aliphatic heterocycles. The molecule has 0 spiro atoms. The third-order valence-electron chi connectivity index (χ3n) is 4.93. The Hall–Kier alpha value is -2.25. The van der Waals surface area contributed by atoms with Crippen molar-refractivity contribution in [2.45, 2.75) is 39.7 Å². The van der Waals surface area contributed by atoms with Crippen LogP contribution in [-0.4, -0.2) is 20.9 Å². The normalized spacial score (nSPS) is 16.3. The van der Waals surface area contributed by atoms with Gasteiger partial charge in [-0.05, 0) is 55.4 Å². The van der Waals surface area contributed by atoms with Gasteiger partial charge in [0.2, 0.25) is 5.91 Å². The molecule has 140 valence electrons. The predicted molar refractivity (Wildman–Crippen MR) is 108 cm³/mol. The Morgan fingerprint density at radius 2 is 2.26 bits per heavy atom. The number of anilines is 1. The van der Waals surface area contributed by atoms with E-state index in [1.54, 1.807) is 23.5 Å². The minimum atomic E-state index is -0.344. The zero-order valence-electron chi connectivity index (χ0n) is 15.1. The summed E-state index contributed by atoms with van der Waals surface area (Å²) >= 11 is 7.63. The molecule has 0 radical (unpaired) electrons. The maximum absolute atomic E-state index is 12.9. The molecule has 1 atom stereocenters. The molecule has 0 saturated carbocycles. The quantitative estimate of drug-likeness (QED) is 0.726. The van der Waals surface area contributed by atoms with Gasteiger partial charge in [0.15, 0.2) is 4.83 Å². The fourth-order valence-corrected chi connectivity index (χ4v) is 4.90. The van der Waals surface area contributed by atoms with E-state index in [1.165, 1.54) is 4.88 Å². The summed E-state index contributed by atoms with van der Waals surface area (Å²) in [5.74, 6) is 0.274. The van der Waals surface area contributed by atoms with Crippen molar-refractivity contribution < 1.29 is 4.79 Å². The second kappa shape index (κ2) is 7.05. The molecule has 1 unspecified atom stereocenters. The fraction of sp³-hybridized carbons (Fsp3) is 0.368. The Balaban J connectivity index is 1.60. The van der Waals surface area contributed by atoms with E-state index in [1.807, 2.05) is 13.0 Å². The van der Waals surface area contributed by atoms with Crippen LogP contribution in [-0.2, 0) is 24.2 Å². The first-order valence-corrected chi connectivity index (χ1v) is 10.1. The lowest BCUT2D eigenvalue weighted by Crippen LogP contribution is -2.30. The number of amides is 1. The summed E-state index contributed by atoms with van der Waals surface area (Å²) in [5, 5.41) is 12.1. The number of aromatic nitrogens is 3. The summed E-state index contributed by atoms with van der Waals surface area (Å²) in [7, 11) is 0. The van der Waals surface area contributed by atoms with E-state index >= 15 is 0 Å². The number of halogens is 1. The minimum absolute atomic E-state index is 0.186. The third kappa shape index (κ3) is 3.49. The van der Waals surface area contributed by atoms with Gasteiger partial charge in [0.1, 0.15) is 6.54 Å². The van der Waals surface area contributed by atoms with Crippen molar-refractivity contribution >= 4 is 44.7 Å². The zero-order chi connectivity index (χ0) is 19.1. The summed E-state index contributed by atoms with van der Waals surface area (Å²) in [4.78, 5) is 27.1. The van der Waals surface area contributed by atoms with Crippen molar-refractivity contribution in [1.29, 1.82) is 0 Å². The van der Waals surface area contributed by atoms with Gasteiger partial charge in [-0.1, -0.05) is 29.8 Å². The number of nitrogens with one attached hydrogen (secondary N) is 1. The highest BCUT2D eigenvalue weighted by Crippen LogP contribution is 2.35. The Kier molecular flexibility index (Phi) is 4.74. The van der Waals surface area contributed by atoms with E-state index in [9.17, 15) is 9.59 Å². The molecular formula is C19H19ClN4O2S. The second-order valence-electron chi connectivity index (χ2n) is 7.10. The average molecular weight is 403 g/mol. The lowest BCUT2D eigenvalue weighted by molar-refractivity contribution is -0.117. The molecule has 1 N–H and O–H groups in total. The highest BCUT2D eigenvalue weighted by atomic mass is 35.5. The molecule has 4 rings (SSSR count). The Morgan fingerprint density at radius 3 is 3.04 bits per heavy atom. The number of carbonyl (C=O) groups excluding carboxylic acids is 1. The second-order valence-corrected chi connectivity index (χ2v) is 8.59. The molecule has 0 fully saturated rings. The van der Waals surface area contributed by atoms with Crippen LogP contribution in [0.2, 0.25) is 5.02 Å². The van der Waals surface area contributed by atoms with Gasteiger partial charge in [0.25, 0.3) is 5.56 Å². The molecule has 27 heavy (non-hydrogen) atoms. The standard InChI is InChI=1S/C19H19ClN4O2S/c1-10-3-6-13-15(7-10)27-18-17(13)19(26)24(23-22-18)9-16(25)21-12-5-4-11(2)14(20)8-12/h4-5,8,10H,3,6-7,9H2,1-2H3,(H,21,25). The predicted octanol–water partition coefficient (Wildman–Crippen LogP) is 3.58. The fourth-order valence-electron chi connectivity index (χ4n) is 3.40. The van der Waals surface area contributed by atoms with E-state index in [2.05, 4.69) is 22.6 Å². The van der Waals surface area contributed by atoms with Crippen LogP contribution >= 0.6 is 22.9 Å². The van der Waals surface area contributed by atoms with E-state index in [0.717, 1.165) is 35.1 Å². The van der Waals surface area contributed by atoms with Crippen LogP contribution in [0.3, 0.4) is 0 Å². The maximum atomic E-state index is 12.9. The van der Waals surface area contributed by atoms with Crippen molar-refractivity contribution in [1.82, 2.24) is 15.0 Å². The number of rotatable bonds is 3. The monoisotopic (exact) mass is 402 g/mol. The summed E-state index contributed by atoms with van der Waals surface area (Å²) in [6.07, 6.45) is 2.92. The van der Waals surface area contributed by atoms with Gasteiger partial charge >= 0.3 is 0 Å². The summed E-state index contributed by atoms with van der Waals surface area (Å²) in [5.41, 5.74) is 2.36. The van der Waals surface area contributed by atoms with E-state index in [4.69, 9.17) is 11.6 Å². The summed E-state index contributed by atoms with van der Waals surface area (Å²) < 4.78 is 1.14. The summed E-state index contributed by atoms with van der Waals surface area (Å²) in [6, 6.07) is 5.28. The first kappa shape index (κ1) is 18.1. The molecule has 2 aromatic heterocycles. The van der Waals surface area contributed by atoms with Crippen LogP contribution in [0.4, 0.5) is 5.69 Å². The van der Waals surface area contributed by atoms with Crippen LogP contribution in [0.1, 0.15) is 29.3 Å². The zero-order valence-corrected chi connectivity index (χ0v) is 16.7. The molecule has 1 aliphatic rings. The van der Waals surface area contributed by atoms with E-state index < -0.39 is 0 Å². The van der Waals surface area contributed by atoms with Gasteiger partial charge in [-0.25, -0.2) is 4.68 Å². The number of nitrogens with zero attached hydrogens (tertiary/aromatic N) is 3. The number of thiophene rings is 1. The topological polar surface area (TPSA) is 76.9 Å². The van der Waals surface area contributed by atoms with Gasteiger partial charge in [0.05, 0.1) is 5.39 Å². The highest BCUT2D eigenvalue weighted by molar-refractivity contribution is 7.18. The van der Waals surface area contributed by atoms with Gasteiger partial charge < -0.3 is 5.32 Å². The number of hydrogen-bond donors (Lipinski definition) is 1. The van der Waals surface area contributed by atoms with Gasteiger partial charge in [-0.2, -0.15) is 0 Å². The maximum Gasteiger partial charge on any atom is 0.279 e. The molecule has 0 bridgehead atoms. The van der Waals surface area contributed by atoms with Crippen molar-refractivity contribution in [3.63, 3.8) is 0 Å². The van der Waals surface area contributed by atoms with Crippen molar-refractivity contribution in [2.75, 3.05) is 5.32 Å². The van der Waals surface area contributed by atoms with Gasteiger partial charge in [-0.3, -0.25) is 9.59 Å². The smallest absolute Gasteiger partial charge is 0.279 e. The molecular weight excluding hydrogens is 384 g/mol. The number of aryl methyl sites for hydroxylation is 2. The molecule has 1 aliphatic carbocycles. The SMILES string of the molecule is Cc1ccc(NC(=O)Cn2nnc3sc4c(c3c2=O)CCC(C)C4)cc1Cl. The molecule has 6 nitrogen and oxygen atoms in total. The Bertz CT molecular complexity index is 1110. The number of carbonyl (C=O) groups is 1. The number of hydrogen-bond acceptors (Lipinski definition) is 5. The third-order valence-corrected chi connectivity index (χ3v) is 6.48. The molecule has 3 aromatic rings. The summed E-state index contributed by atoms with van der Waals surface area (Å²) in [6.45, 7) is 3.92. The Labute approximate surface area is 165 Å². The van der Waals surface area contributed by atoms with Crippen molar-refractivity contribution in [3.8, 4) is 0 Å². The lowest BCUT2D eigenvalue weighted by atomic mass is 9.89. The highest BCUT2D eigenvalue weighted by Gasteiger charge is 2.24. The van der Waals surface area contributed by atoms with Crippen molar-refractivity contribution in [2.24, 2.45) is 5.92 Å². The molecule has 8 heteroatoms. The number of benzene rings is 1. The first-order chi connectivity index (χ1) is 12.9. The van der Waals surface area contributed by atoms with Crippen LogP contribution in [0, 0.1) is 12.8 Å². The van der Waals surface area contributed by atoms with E-state index in [-0.39, 0.29) is 18.0 Å². The van der Waals surface area contributed by atoms with Gasteiger partial charge in [0, 0.05) is 15.6 Å². The number of fused-ring (bicyclic) bond motifs is 3. The van der Waals surface area contributed by atoms with E-state index in [0.29, 0.717) is 26.8 Å². The van der Waals surface area contributed by atoms with Crippen LogP contribution < -0.4 is 10.9 Å².